The first-order valence-corrected chi connectivity index (χ1v) is 14.3. The number of carbonyl (C=O) groups is 2. The number of nitriles is 1. The van der Waals surface area contributed by atoms with Crippen LogP contribution in [0.5, 0.6) is 0 Å². The van der Waals surface area contributed by atoms with Crippen LogP contribution < -0.4 is 4.90 Å². The summed E-state index contributed by atoms with van der Waals surface area (Å²) < 4.78 is 2.09. The second kappa shape index (κ2) is 9.94. The van der Waals surface area contributed by atoms with Crippen molar-refractivity contribution >= 4 is 39.3 Å². The Balaban J connectivity index is 1.33. The zero-order valence-electron chi connectivity index (χ0n) is 23.4. The Hall–Kier alpha value is -6.25. The number of hydrogen-bond acceptors (Lipinski definition) is 3. The number of hydrogen-bond donors (Lipinski definition) is 0. The molecule has 2 amide bonds. The highest BCUT2D eigenvalue weighted by atomic mass is 16.2. The maximum Gasteiger partial charge on any atom is 0.268 e. The molecular formula is C39H23N3O2. The predicted octanol–water partition coefficient (Wildman–Crippen LogP) is 8.79. The van der Waals surface area contributed by atoms with E-state index in [2.05, 4.69) is 22.8 Å². The third-order valence-corrected chi connectivity index (χ3v) is 8.36. The quantitative estimate of drug-likeness (QED) is 0.200. The lowest BCUT2D eigenvalue weighted by Gasteiger charge is -2.16. The number of aromatic nitrogens is 1. The number of nitrogens with zero attached hydrogens (tertiary/aromatic N) is 3. The highest BCUT2D eigenvalue weighted by molar-refractivity contribution is 6.36. The fourth-order valence-corrected chi connectivity index (χ4v) is 6.38. The number of benzene rings is 6. The van der Waals surface area contributed by atoms with Gasteiger partial charge in [0.05, 0.1) is 45.2 Å². The van der Waals surface area contributed by atoms with E-state index in [1.54, 1.807) is 12.1 Å². The zero-order valence-corrected chi connectivity index (χ0v) is 23.4. The van der Waals surface area contributed by atoms with Crippen molar-refractivity contribution in [1.82, 2.24) is 4.57 Å². The van der Waals surface area contributed by atoms with Crippen LogP contribution in [-0.4, -0.2) is 16.4 Å². The number of anilines is 1. The maximum absolute atomic E-state index is 14.2. The second-order valence-electron chi connectivity index (χ2n) is 10.8. The molecule has 1 aromatic heterocycles. The van der Waals surface area contributed by atoms with E-state index in [0.29, 0.717) is 28.1 Å². The van der Waals surface area contributed by atoms with Crippen LogP contribution in [0, 0.1) is 11.3 Å². The summed E-state index contributed by atoms with van der Waals surface area (Å²) in [5.41, 5.74) is 8.19. The Morgan fingerprint density at radius 3 is 2.02 bits per heavy atom. The number of fused-ring (bicyclic) bond motifs is 4. The monoisotopic (exact) mass is 565 g/mol. The van der Waals surface area contributed by atoms with E-state index < -0.39 is 0 Å². The molecule has 0 saturated heterocycles. The largest absolute Gasteiger partial charge is 0.308 e. The minimum atomic E-state index is -0.358. The molecule has 1 aliphatic heterocycles. The molecule has 0 fully saturated rings. The Morgan fingerprint density at radius 2 is 1.20 bits per heavy atom. The molecule has 1 aliphatic rings. The van der Waals surface area contributed by atoms with E-state index >= 15 is 0 Å². The van der Waals surface area contributed by atoms with Crippen LogP contribution in [0.4, 0.5) is 5.69 Å². The average molecular weight is 566 g/mol. The molecule has 5 heteroatoms. The van der Waals surface area contributed by atoms with Crippen molar-refractivity contribution in [2.24, 2.45) is 0 Å². The molecule has 7 aromatic rings. The van der Waals surface area contributed by atoms with Gasteiger partial charge in [-0.1, -0.05) is 97.1 Å². The molecular weight excluding hydrogens is 542 g/mol. The highest BCUT2D eigenvalue weighted by Gasteiger charge is 2.39. The SMILES string of the molecule is N#Cc1cccc(-c2cccc3c4ccccc4n(-c4cccc5c4C(=O)N(c4ccc(-c6ccccc6)cc4)C5=O)c23)c1. The molecule has 0 radical (unpaired) electrons. The maximum atomic E-state index is 14.2. The van der Waals surface area contributed by atoms with Crippen molar-refractivity contribution in [3.05, 3.63) is 156 Å². The van der Waals surface area contributed by atoms with Gasteiger partial charge in [-0.25, -0.2) is 4.90 Å². The summed E-state index contributed by atoms with van der Waals surface area (Å²) >= 11 is 0. The van der Waals surface area contributed by atoms with Crippen molar-refractivity contribution in [3.8, 4) is 34.0 Å². The standard InChI is InChI=1S/C39H23N3O2/c40-24-25-9-6-12-28(23-25)30-14-7-15-32-31-13-4-5-17-34(31)42(37(30)32)35-18-8-16-33-36(35)39(44)41(38(33)43)29-21-19-27(20-22-29)26-10-2-1-3-11-26/h1-23H. The van der Waals surface area contributed by atoms with Crippen LogP contribution in [-0.2, 0) is 0 Å². The number of para-hydroxylation sites is 2. The number of amides is 2. The lowest BCUT2D eigenvalue weighted by Crippen LogP contribution is -2.29. The van der Waals surface area contributed by atoms with Gasteiger partial charge in [0.1, 0.15) is 0 Å². The fraction of sp³-hybridized carbons (Fsp3) is 0. The summed E-state index contributed by atoms with van der Waals surface area (Å²) in [6, 6.07) is 46.9. The molecule has 0 bridgehead atoms. The third-order valence-electron chi connectivity index (χ3n) is 8.36. The van der Waals surface area contributed by atoms with Gasteiger partial charge < -0.3 is 4.57 Å². The van der Waals surface area contributed by atoms with Crippen molar-refractivity contribution < 1.29 is 9.59 Å². The first kappa shape index (κ1) is 25.5. The smallest absolute Gasteiger partial charge is 0.268 e. The van der Waals surface area contributed by atoms with Crippen LogP contribution in [0.15, 0.2) is 140 Å². The molecule has 8 rings (SSSR count). The van der Waals surface area contributed by atoms with Crippen LogP contribution >= 0.6 is 0 Å². The molecule has 0 saturated carbocycles. The van der Waals surface area contributed by atoms with Gasteiger partial charge in [-0.3, -0.25) is 9.59 Å². The minimum Gasteiger partial charge on any atom is -0.308 e. The van der Waals surface area contributed by atoms with Crippen molar-refractivity contribution in [1.29, 1.82) is 5.26 Å². The van der Waals surface area contributed by atoms with Gasteiger partial charge in [0.2, 0.25) is 0 Å². The van der Waals surface area contributed by atoms with Crippen LogP contribution in [0.2, 0.25) is 0 Å². The van der Waals surface area contributed by atoms with E-state index in [9.17, 15) is 14.9 Å². The topological polar surface area (TPSA) is 66.1 Å². The summed E-state index contributed by atoms with van der Waals surface area (Å²) in [6.45, 7) is 0. The molecule has 44 heavy (non-hydrogen) atoms. The van der Waals surface area contributed by atoms with Gasteiger partial charge in [0.15, 0.2) is 0 Å². The fourth-order valence-electron chi connectivity index (χ4n) is 6.38. The van der Waals surface area contributed by atoms with Crippen molar-refractivity contribution in [2.45, 2.75) is 0 Å². The summed E-state index contributed by atoms with van der Waals surface area (Å²) in [5, 5.41) is 11.6. The van der Waals surface area contributed by atoms with Gasteiger partial charge in [-0.2, -0.15) is 5.26 Å². The first-order chi connectivity index (χ1) is 21.6. The summed E-state index contributed by atoms with van der Waals surface area (Å²) in [4.78, 5) is 29.4. The first-order valence-electron chi connectivity index (χ1n) is 14.3. The zero-order chi connectivity index (χ0) is 29.8. The number of rotatable bonds is 4. The third kappa shape index (κ3) is 3.79. The molecule has 0 unspecified atom stereocenters. The summed E-state index contributed by atoms with van der Waals surface area (Å²) in [7, 11) is 0. The second-order valence-corrected chi connectivity index (χ2v) is 10.8. The highest BCUT2D eigenvalue weighted by Crippen LogP contribution is 2.41. The molecule has 5 nitrogen and oxygen atoms in total. The van der Waals surface area contributed by atoms with E-state index in [-0.39, 0.29) is 11.8 Å². The lowest BCUT2D eigenvalue weighted by molar-refractivity contribution is 0.0926. The van der Waals surface area contributed by atoms with E-state index in [4.69, 9.17) is 0 Å². The van der Waals surface area contributed by atoms with Crippen molar-refractivity contribution in [2.75, 3.05) is 4.90 Å². The predicted molar refractivity (Wildman–Crippen MR) is 174 cm³/mol. The van der Waals surface area contributed by atoms with Gasteiger partial charge in [-0.05, 0) is 59.2 Å². The lowest BCUT2D eigenvalue weighted by atomic mass is 10.00. The van der Waals surface area contributed by atoms with Crippen molar-refractivity contribution in [3.63, 3.8) is 0 Å². The Bertz CT molecular complexity index is 2330. The molecule has 0 spiro atoms. The Labute approximate surface area is 253 Å². The molecule has 6 aromatic carbocycles. The Morgan fingerprint density at radius 1 is 0.545 bits per heavy atom. The molecule has 206 valence electrons. The number of carbonyl (C=O) groups excluding carboxylic acids is 2. The van der Waals surface area contributed by atoms with Crippen LogP contribution in [0.1, 0.15) is 26.3 Å². The Kier molecular flexibility index (Phi) is 5.75. The van der Waals surface area contributed by atoms with Gasteiger partial charge >= 0.3 is 0 Å². The van der Waals surface area contributed by atoms with Gasteiger partial charge in [-0.15, -0.1) is 0 Å². The van der Waals surface area contributed by atoms with Crippen LogP contribution in [0.3, 0.4) is 0 Å². The van der Waals surface area contributed by atoms with E-state index in [1.165, 1.54) is 4.90 Å². The summed E-state index contributed by atoms with van der Waals surface area (Å²) in [5.74, 6) is -0.704. The van der Waals surface area contributed by atoms with E-state index in [1.807, 2.05) is 115 Å². The number of imide groups is 1. The minimum absolute atomic E-state index is 0.345. The van der Waals surface area contributed by atoms with Crippen LogP contribution in [0.25, 0.3) is 49.7 Å². The molecule has 0 N–H and O–H groups in total. The normalized spacial score (nSPS) is 12.6. The summed E-state index contributed by atoms with van der Waals surface area (Å²) in [6.07, 6.45) is 0. The van der Waals surface area contributed by atoms with E-state index in [0.717, 1.165) is 44.1 Å². The molecule has 0 aliphatic carbocycles. The van der Waals surface area contributed by atoms with Gasteiger partial charge in [0.25, 0.3) is 11.8 Å². The molecule has 2 heterocycles. The molecule has 0 atom stereocenters. The average Bonchev–Trinajstić information content (AvgIpc) is 3.56. The van der Waals surface area contributed by atoms with Gasteiger partial charge in [0, 0.05) is 16.3 Å².